The lowest BCUT2D eigenvalue weighted by atomic mass is 9.97. The number of nitrogens with one attached hydrogen (secondary N) is 2. The van der Waals surface area contributed by atoms with Gasteiger partial charge in [-0.3, -0.25) is 4.79 Å². The van der Waals surface area contributed by atoms with Crippen molar-refractivity contribution in [3.8, 4) is 0 Å². The van der Waals surface area contributed by atoms with Crippen LogP contribution < -0.4 is 10.6 Å². The molecule has 0 saturated carbocycles. The van der Waals surface area contributed by atoms with Crippen LogP contribution in [-0.4, -0.2) is 30.4 Å². The predicted octanol–water partition coefficient (Wildman–Crippen LogP) is 1.27. The van der Waals surface area contributed by atoms with Crippen molar-refractivity contribution < 1.29 is 9.59 Å². The molecule has 1 fully saturated rings. The van der Waals surface area contributed by atoms with Crippen LogP contribution in [0.2, 0.25) is 0 Å². The van der Waals surface area contributed by atoms with Gasteiger partial charge in [0, 0.05) is 25.7 Å². The molecule has 5 heteroatoms. The van der Waals surface area contributed by atoms with Crippen LogP contribution >= 0.6 is 0 Å². The lowest BCUT2D eigenvalue weighted by Gasteiger charge is -2.22. The first-order valence-corrected chi connectivity index (χ1v) is 6.08. The van der Waals surface area contributed by atoms with Crippen LogP contribution in [0.3, 0.4) is 0 Å². The van der Waals surface area contributed by atoms with Crippen LogP contribution in [0, 0.1) is 0 Å². The highest BCUT2D eigenvalue weighted by atomic mass is 16.2. The number of likely N-dealkylation sites (N-methyl/N-ethyl adjacent to an activating group) is 1. The molecule has 2 aliphatic rings. The van der Waals surface area contributed by atoms with Gasteiger partial charge in [0.2, 0.25) is 5.91 Å². The van der Waals surface area contributed by atoms with E-state index >= 15 is 0 Å². The fourth-order valence-corrected chi connectivity index (χ4v) is 2.54. The quantitative estimate of drug-likeness (QED) is 0.782. The van der Waals surface area contributed by atoms with Crippen molar-refractivity contribution >= 4 is 17.6 Å². The lowest BCUT2D eigenvalue weighted by Crippen LogP contribution is -2.25. The van der Waals surface area contributed by atoms with Crippen LogP contribution in [0.4, 0.5) is 10.5 Å². The molecule has 2 N–H and O–H groups in total. The fraction of sp³-hybridized carbons (Fsp3) is 0.385. The van der Waals surface area contributed by atoms with Gasteiger partial charge in [-0.05, 0) is 23.6 Å². The maximum Gasteiger partial charge on any atom is 0.317 e. The molecule has 2 heterocycles. The van der Waals surface area contributed by atoms with Gasteiger partial charge in [0.1, 0.15) is 0 Å². The van der Waals surface area contributed by atoms with Crippen molar-refractivity contribution in [3.05, 3.63) is 29.3 Å². The molecule has 1 saturated heterocycles. The van der Waals surface area contributed by atoms with Gasteiger partial charge < -0.3 is 15.5 Å². The molecule has 1 aromatic carbocycles. The summed E-state index contributed by atoms with van der Waals surface area (Å²) >= 11 is 0. The summed E-state index contributed by atoms with van der Waals surface area (Å²) < 4.78 is 0. The van der Waals surface area contributed by atoms with E-state index in [-0.39, 0.29) is 18.0 Å². The monoisotopic (exact) mass is 245 g/mol. The Morgan fingerprint density at radius 3 is 2.83 bits per heavy atom. The van der Waals surface area contributed by atoms with Gasteiger partial charge in [-0.25, -0.2) is 4.79 Å². The van der Waals surface area contributed by atoms with E-state index in [0.29, 0.717) is 13.0 Å². The van der Waals surface area contributed by atoms with Crippen LogP contribution in [0.1, 0.15) is 23.6 Å². The molecule has 1 atom stereocenters. The standard InChI is InChI=1S/C13H15N3O2/c1-16-11(7-14-13(16)18)9-2-4-10-8(6-9)3-5-12(17)15-10/h2,4,6,11H,3,5,7H2,1H3,(H,14,18)(H,15,17). The largest absolute Gasteiger partial charge is 0.336 e. The number of fused-ring (bicyclic) bond motifs is 1. The maximum absolute atomic E-state index is 11.4. The summed E-state index contributed by atoms with van der Waals surface area (Å²) in [5, 5.41) is 5.68. The molecular formula is C13H15N3O2. The van der Waals surface area contributed by atoms with Gasteiger partial charge in [0.25, 0.3) is 0 Å². The Morgan fingerprint density at radius 2 is 2.11 bits per heavy atom. The minimum absolute atomic E-state index is 0.0361. The molecule has 0 bridgehead atoms. The number of carbonyl (C=O) groups excluding carboxylic acids is 2. The van der Waals surface area contributed by atoms with Crippen LogP contribution in [-0.2, 0) is 11.2 Å². The number of benzene rings is 1. The van der Waals surface area contributed by atoms with E-state index in [2.05, 4.69) is 16.7 Å². The second-order valence-electron chi connectivity index (χ2n) is 4.78. The van der Waals surface area contributed by atoms with Gasteiger partial charge in [-0.15, -0.1) is 0 Å². The number of amides is 3. The maximum atomic E-state index is 11.4. The molecule has 1 unspecified atom stereocenters. The van der Waals surface area contributed by atoms with E-state index in [9.17, 15) is 9.59 Å². The van der Waals surface area contributed by atoms with E-state index in [4.69, 9.17) is 0 Å². The zero-order valence-corrected chi connectivity index (χ0v) is 10.2. The average Bonchev–Trinajstić information content (AvgIpc) is 2.69. The SMILES string of the molecule is CN1C(=O)NCC1c1ccc2c(c1)CCC(=O)N2. The molecule has 0 radical (unpaired) electrons. The molecule has 0 spiro atoms. The first-order chi connectivity index (χ1) is 8.65. The number of urea groups is 1. The zero-order chi connectivity index (χ0) is 12.7. The first kappa shape index (κ1) is 11.1. The summed E-state index contributed by atoms with van der Waals surface area (Å²) in [6.07, 6.45) is 1.31. The van der Waals surface area contributed by atoms with Crippen molar-refractivity contribution in [2.45, 2.75) is 18.9 Å². The second-order valence-corrected chi connectivity index (χ2v) is 4.78. The van der Waals surface area contributed by atoms with Gasteiger partial charge >= 0.3 is 6.03 Å². The van der Waals surface area contributed by atoms with Crippen molar-refractivity contribution in [3.63, 3.8) is 0 Å². The second kappa shape index (κ2) is 4.01. The molecule has 18 heavy (non-hydrogen) atoms. The topological polar surface area (TPSA) is 61.4 Å². The molecule has 1 aromatic rings. The molecule has 3 rings (SSSR count). The summed E-state index contributed by atoms with van der Waals surface area (Å²) in [5.74, 6) is 0.0741. The van der Waals surface area contributed by atoms with Gasteiger partial charge in [0.05, 0.1) is 6.04 Å². The third-order valence-electron chi connectivity index (χ3n) is 3.64. The van der Waals surface area contributed by atoms with E-state index in [1.165, 1.54) is 0 Å². The van der Waals surface area contributed by atoms with E-state index in [0.717, 1.165) is 23.2 Å². The fourth-order valence-electron chi connectivity index (χ4n) is 2.54. The van der Waals surface area contributed by atoms with Gasteiger partial charge in [0.15, 0.2) is 0 Å². The minimum atomic E-state index is -0.0361. The third kappa shape index (κ3) is 1.72. The predicted molar refractivity (Wildman–Crippen MR) is 67.3 cm³/mol. The van der Waals surface area contributed by atoms with Crippen molar-refractivity contribution in [1.82, 2.24) is 10.2 Å². The Hall–Kier alpha value is -2.04. The lowest BCUT2D eigenvalue weighted by molar-refractivity contribution is -0.116. The normalized spacial score (nSPS) is 22.5. The Kier molecular flexibility index (Phi) is 2.47. The van der Waals surface area contributed by atoms with Gasteiger partial charge in [-0.2, -0.15) is 0 Å². The van der Waals surface area contributed by atoms with Crippen molar-refractivity contribution in [1.29, 1.82) is 0 Å². The van der Waals surface area contributed by atoms with Crippen molar-refractivity contribution in [2.75, 3.05) is 18.9 Å². The van der Waals surface area contributed by atoms with E-state index in [1.807, 2.05) is 12.1 Å². The summed E-state index contributed by atoms with van der Waals surface area (Å²) in [6, 6.07) is 6.05. The van der Waals surface area contributed by atoms with E-state index < -0.39 is 0 Å². The highest BCUT2D eigenvalue weighted by Gasteiger charge is 2.29. The molecule has 0 aliphatic carbocycles. The first-order valence-electron chi connectivity index (χ1n) is 6.08. The number of hydrogen-bond acceptors (Lipinski definition) is 2. The van der Waals surface area contributed by atoms with Crippen LogP contribution in [0.5, 0.6) is 0 Å². The van der Waals surface area contributed by atoms with Crippen LogP contribution in [0.15, 0.2) is 18.2 Å². The molecule has 2 aliphatic heterocycles. The molecule has 3 amide bonds. The summed E-state index contributed by atoms with van der Waals surface area (Å²) in [6.45, 7) is 0.639. The number of anilines is 1. The average molecular weight is 245 g/mol. The Morgan fingerprint density at radius 1 is 1.28 bits per heavy atom. The zero-order valence-electron chi connectivity index (χ0n) is 10.2. The summed E-state index contributed by atoms with van der Waals surface area (Å²) in [4.78, 5) is 24.4. The van der Waals surface area contributed by atoms with Crippen LogP contribution in [0.25, 0.3) is 0 Å². The Bertz CT molecular complexity index is 527. The number of hydrogen-bond donors (Lipinski definition) is 2. The molecular weight excluding hydrogens is 230 g/mol. The minimum Gasteiger partial charge on any atom is -0.336 e. The number of rotatable bonds is 1. The molecule has 94 valence electrons. The molecule has 0 aromatic heterocycles. The van der Waals surface area contributed by atoms with Crippen molar-refractivity contribution in [2.24, 2.45) is 0 Å². The Balaban J connectivity index is 1.91. The smallest absolute Gasteiger partial charge is 0.317 e. The Labute approximate surface area is 105 Å². The number of aryl methyl sites for hydroxylation is 1. The number of nitrogens with zero attached hydrogens (tertiary/aromatic N) is 1. The summed E-state index contributed by atoms with van der Waals surface area (Å²) in [5.41, 5.74) is 3.17. The highest BCUT2D eigenvalue weighted by Crippen LogP contribution is 2.29. The third-order valence-corrected chi connectivity index (χ3v) is 3.64. The number of carbonyl (C=O) groups is 2. The van der Waals surface area contributed by atoms with E-state index in [1.54, 1.807) is 11.9 Å². The van der Waals surface area contributed by atoms with Gasteiger partial charge in [-0.1, -0.05) is 12.1 Å². The molecule has 5 nitrogen and oxygen atoms in total. The highest BCUT2D eigenvalue weighted by molar-refractivity contribution is 5.93. The summed E-state index contributed by atoms with van der Waals surface area (Å²) in [7, 11) is 1.80.